The molecule has 0 aliphatic rings. The van der Waals surface area contributed by atoms with Crippen molar-refractivity contribution in [2.24, 2.45) is 0 Å². The molecule has 7 heteroatoms. The third-order valence-corrected chi connectivity index (χ3v) is 3.88. The summed E-state index contributed by atoms with van der Waals surface area (Å²) in [7, 11) is 4.57. The van der Waals surface area contributed by atoms with E-state index in [9.17, 15) is 9.18 Å². The molecule has 0 bridgehead atoms. The van der Waals surface area contributed by atoms with Gasteiger partial charge in [-0.25, -0.2) is 4.39 Å². The summed E-state index contributed by atoms with van der Waals surface area (Å²) in [6.07, 6.45) is 0.579. The minimum atomic E-state index is -0.648. The van der Waals surface area contributed by atoms with Crippen LogP contribution in [0.15, 0.2) is 30.3 Å². The van der Waals surface area contributed by atoms with Crippen LogP contribution < -0.4 is 19.5 Å². The number of anilines is 1. The van der Waals surface area contributed by atoms with Gasteiger partial charge in [0.1, 0.15) is 0 Å². The number of rotatable bonds is 7. The van der Waals surface area contributed by atoms with Crippen LogP contribution in [0.25, 0.3) is 0 Å². The molecule has 0 aliphatic heterocycles. The molecule has 0 atom stereocenters. The van der Waals surface area contributed by atoms with E-state index in [1.54, 1.807) is 18.2 Å². The average Bonchev–Trinajstić information content (AvgIpc) is 2.62. The van der Waals surface area contributed by atoms with Gasteiger partial charge in [-0.3, -0.25) is 4.79 Å². The van der Waals surface area contributed by atoms with Gasteiger partial charge >= 0.3 is 0 Å². The molecular weight excluding hydrogens is 349 g/mol. The number of amides is 1. The van der Waals surface area contributed by atoms with Crippen molar-refractivity contribution in [3.63, 3.8) is 0 Å². The Hall–Kier alpha value is -2.47. The van der Waals surface area contributed by atoms with E-state index in [1.165, 1.54) is 33.5 Å². The Morgan fingerprint density at radius 3 is 2.32 bits per heavy atom. The summed E-state index contributed by atoms with van der Waals surface area (Å²) in [5.74, 6) is 0.538. The number of halogens is 2. The summed E-state index contributed by atoms with van der Waals surface area (Å²) < 4.78 is 29.6. The number of carbonyl (C=O) groups is 1. The van der Waals surface area contributed by atoms with Crippen molar-refractivity contribution in [2.45, 2.75) is 12.8 Å². The second kappa shape index (κ2) is 8.58. The second-order valence-corrected chi connectivity index (χ2v) is 5.59. The number of benzene rings is 2. The highest BCUT2D eigenvalue weighted by molar-refractivity contribution is 6.31. The Bertz CT molecular complexity index is 742. The maximum Gasteiger partial charge on any atom is 0.224 e. The van der Waals surface area contributed by atoms with Crippen LogP contribution in [0.2, 0.25) is 5.02 Å². The number of hydrogen-bond donors (Lipinski definition) is 1. The Morgan fingerprint density at radius 2 is 1.76 bits per heavy atom. The van der Waals surface area contributed by atoms with Gasteiger partial charge in [0, 0.05) is 6.42 Å². The third-order valence-electron chi connectivity index (χ3n) is 3.59. The van der Waals surface area contributed by atoms with Crippen LogP contribution in [0.4, 0.5) is 10.1 Å². The predicted octanol–water partition coefficient (Wildman–Crippen LogP) is 4.08. The lowest BCUT2D eigenvalue weighted by atomic mass is 10.1. The van der Waals surface area contributed by atoms with E-state index in [2.05, 4.69) is 5.32 Å². The van der Waals surface area contributed by atoms with Gasteiger partial charge in [0.15, 0.2) is 17.3 Å². The molecule has 0 heterocycles. The van der Waals surface area contributed by atoms with Crippen LogP contribution in [-0.4, -0.2) is 27.2 Å². The minimum Gasteiger partial charge on any atom is -0.493 e. The molecule has 2 aromatic carbocycles. The second-order valence-electron chi connectivity index (χ2n) is 5.18. The molecule has 0 spiro atoms. The highest BCUT2D eigenvalue weighted by Crippen LogP contribution is 2.38. The Balaban J connectivity index is 2.08. The number of carbonyl (C=O) groups excluding carboxylic acids is 1. The van der Waals surface area contributed by atoms with Crippen LogP contribution in [0.1, 0.15) is 12.0 Å². The fourth-order valence-corrected chi connectivity index (χ4v) is 2.53. The predicted molar refractivity (Wildman–Crippen MR) is 94.5 cm³/mol. The molecular formula is C18H19ClFNO4. The first-order valence-corrected chi connectivity index (χ1v) is 7.90. The van der Waals surface area contributed by atoms with E-state index in [0.29, 0.717) is 23.7 Å². The molecule has 0 aromatic heterocycles. The molecule has 0 aliphatic carbocycles. The summed E-state index contributed by atoms with van der Waals surface area (Å²) in [4.78, 5) is 12.1. The summed E-state index contributed by atoms with van der Waals surface area (Å²) in [5, 5.41) is 2.48. The van der Waals surface area contributed by atoms with Crippen LogP contribution in [0, 0.1) is 5.82 Å². The lowest BCUT2D eigenvalue weighted by molar-refractivity contribution is -0.116. The number of nitrogens with one attached hydrogen (secondary N) is 1. The normalized spacial score (nSPS) is 10.3. The number of methoxy groups -OCH3 is 3. The molecule has 0 unspecified atom stereocenters. The number of aryl methyl sites for hydroxylation is 1. The van der Waals surface area contributed by atoms with E-state index >= 15 is 0 Å². The number of ether oxygens (including phenoxy) is 3. The molecule has 0 saturated carbocycles. The summed E-state index contributed by atoms with van der Waals surface area (Å²) in [6, 6.07) is 7.99. The fourth-order valence-electron chi connectivity index (χ4n) is 2.35. The molecule has 0 radical (unpaired) electrons. The zero-order valence-corrected chi connectivity index (χ0v) is 14.9. The van der Waals surface area contributed by atoms with Gasteiger partial charge in [0.05, 0.1) is 32.0 Å². The maximum atomic E-state index is 13.8. The lowest BCUT2D eigenvalue weighted by Gasteiger charge is -2.14. The minimum absolute atomic E-state index is 0.0394. The molecule has 25 heavy (non-hydrogen) atoms. The van der Waals surface area contributed by atoms with Gasteiger partial charge in [-0.1, -0.05) is 17.7 Å². The highest BCUT2D eigenvalue weighted by Gasteiger charge is 2.14. The Morgan fingerprint density at radius 1 is 1.12 bits per heavy atom. The zero-order chi connectivity index (χ0) is 18.4. The Labute approximate surface area is 150 Å². The van der Waals surface area contributed by atoms with Gasteiger partial charge < -0.3 is 19.5 Å². The zero-order valence-electron chi connectivity index (χ0n) is 14.2. The smallest absolute Gasteiger partial charge is 0.224 e. The first kappa shape index (κ1) is 18.9. The molecule has 134 valence electrons. The van der Waals surface area contributed by atoms with Crippen LogP contribution in [0.3, 0.4) is 0 Å². The topological polar surface area (TPSA) is 56.8 Å². The molecule has 1 amide bonds. The highest BCUT2D eigenvalue weighted by atomic mass is 35.5. The standard InChI is InChI=1S/C18H19ClFNO4/c1-23-14-9-11(10-15(24-2)18(14)25-3)7-8-16(22)21-13-6-4-5-12(19)17(13)20/h4-6,9-10H,7-8H2,1-3H3,(H,21,22). The van der Waals surface area contributed by atoms with Crippen molar-refractivity contribution in [1.82, 2.24) is 0 Å². The van der Waals surface area contributed by atoms with Crippen LogP contribution in [-0.2, 0) is 11.2 Å². The molecule has 1 N–H and O–H groups in total. The van der Waals surface area contributed by atoms with E-state index < -0.39 is 5.82 Å². The van der Waals surface area contributed by atoms with Gasteiger partial charge in [0.25, 0.3) is 0 Å². The fraction of sp³-hybridized carbons (Fsp3) is 0.278. The van der Waals surface area contributed by atoms with Crippen molar-refractivity contribution in [1.29, 1.82) is 0 Å². The first-order chi connectivity index (χ1) is 12.0. The van der Waals surface area contributed by atoms with E-state index in [-0.39, 0.29) is 23.0 Å². The molecule has 0 saturated heterocycles. The van der Waals surface area contributed by atoms with Crippen molar-refractivity contribution >= 4 is 23.2 Å². The summed E-state index contributed by atoms with van der Waals surface area (Å²) >= 11 is 5.70. The monoisotopic (exact) mass is 367 g/mol. The van der Waals surface area contributed by atoms with Crippen molar-refractivity contribution < 1.29 is 23.4 Å². The van der Waals surface area contributed by atoms with Crippen molar-refractivity contribution in [2.75, 3.05) is 26.6 Å². The largest absolute Gasteiger partial charge is 0.493 e. The van der Waals surface area contributed by atoms with E-state index in [1.807, 2.05) is 0 Å². The third kappa shape index (κ3) is 4.54. The molecule has 5 nitrogen and oxygen atoms in total. The van der Waals surface area contributed by atoms with Crippen LogP contribution in [0.5, 0.6) is 17.2 Å². The van der Waals surface area contributed by atoms with Gasteiger partial charge in [-0.05, 0) is 36.2 Å². The van der Waals surface area contributed by atoms with Gasteiger partial charge in [-0.2, -0.15) is 0 Å². The Kier molecular flexibility index (Phi) is 6.47. The SMILES string of the molecule is COc1cc(CCC(=O)Nc2cccc(Cl)c2F)cc(OC)c1OC. The molecule has 0 fully saturated rings. The van der Waals surface area contributed by atoms with E-state index in [4.69, 9.17) is 25.8 Å². The van der Waals surface area contributed by atoms with Gasteiger partial charge in [0.2, 0.25) is 11.7 Å². The summed E-state index contributed by atoms with van der Waals surface area (Å²) in [5.41, 5.74) is 0.888. The molecule has 2 aromatic rings. The average molecular weight is 368 g/mol. The van der Waals surface area contributed by atoms with Crippen LogP contribution >= 0.6 is 11.6 Å². The van der Waals surface area contributed by atoms with Crippen molar-refractivity contribution in [3.05, 3.63) is 46.7 Å². The van der Waals surface area contributed by atoms with Gasteiger partial charge in [-0.15, -0.1) is 0 Å². The molecule has 2 rings (SSSR count). The lowest BCUT2D eigenvalue weighted by Crippen LogP contribution is -2.13. The van der Waals surface area contributed by atoms with E-state index in [0.717, 1.165) is 5.56 Å². The van der Waals surface area contributed by atoms with Crippen molar-refractivity contribution in [3.8, 4) is 17.2 Å². The summed E-state index contributed by atoms with van der Waals surface area (Å²) in [6.45, 7) is 0. The number of hydrogen-bond acceptors (Lipinski definition) is 4. The quantitative estimate of drug-likeness (QED) is 0.801. The first-order valence-electron chi connectivity index (χ1n) is 7.53. The maximum absolute atomic E-state index is 13.8.